The molecule has 1 aliphatic rings. The van der Waals surface area contributed by atoms with Gasteiger partial charge in [-0.25, -0.2) is 13.8 Å². The van der Waals surface area contributed by atoms with Gasteiger partial charge in [-0.05, 0) is 29.8 Å². The minimum Gasteiger partial charge on any atom is -0.322 e. The van der Waals surface area contributed by atoms with E-state index in [0.717, 1.165) is 22.4 Å². The molecule has 3 nitrogen and oxygen atoms in total. The highest BCUT2D eigenvalue weighted by molar-refractivity contribution is 6.30. The van der Waals surface area contributed by atoms with E-state index in [2.05, 4.69) is 9.55 Å². The Labute approximate surface area is 149 Å². The number of halogens is 3. The van der Waals surface area contributed by atoms with Gasteiger partial charge in [0.25, 0.3) is 5.92 Å². The molecule has 1 saturated heterocycles. The van der Waals surface area contributed by atoms with Crippen LogP contribution in [0.5, 0.6) is 0 Å². The number of fused-ring (bicyclic) bond motifs is 1. The van der Waals surface area contributed by atoms with Gasteiger partial charge < -0.3 is 4.57 Å². The van der Waals surface area contributed by atoms with Gasteiger partial charge in [0.1, 0.15) is 5.82 Å². The topological polar surface area (TPSA) is 21.1 Å². The van der Waals surface area contributed by atoms with Crippen molar-refractivity contribution in [3.8, 4) is 0 Å². The molecule has 2 heterocycles. The number of alkyl halides is 2. The average molecular weight is 362 g/mol. The summed E-state index contributed by atoms with van der Waals surface area (Å²) in [5.41, 5.74) is 3.00. The molecule has 1 aliphatic heterocycles. The highest BCUT2D eigenvalue weighted by Crippen LogP contribution is 2.28. The lowest BCUT2D eigenvalue weighted by molar-refractivity contribution is 0.0112. The summed E-state index contributed by atoms with van der Waals surface area (Å²) in [4.78, 5) is 6.47. The molecule has 0 spiro atoms. The van der Waals surface area contributed by atoms with Crippen LogP contribution in [-0.4, -0.2) is 33.5 Å². The standard InChI is InChI=1S/C19H18ClF2N3/c20-15-7-5-14(6-8-15)11-25-17-4-2-1-3-16(17)23-18(25)12-24-10-9-19(21,22)13-24/h1-8H,9-13H2. The maximum absolute atomic E-state index is 13.5. The third-order valence-electron chi connectivity index (χ3n) is 4.60. The number of para-hydroxylation sites is 2. The molecule has 0 saturated carbocycles. The van der Waals surface area contributed by atoms with Crippen LogP contribution in [0.1, 0.15) is 17.8 Å². The fourth-order valence-electron chi connectivity index (χ4n) is 3.34. The predicted octanol–water partition coefficient (Wildman–Crippen LogP) is 4.58. The molecular weight excluding hydrogens is 344 g/mol. The van der Waals surface area contributed by atoms with E-state index in [1.165, 1.54) is 0 Å². The Morgan fingerprint density at radius 3 is 2.52 bits per heavy atom. The summed E-state index contributed by atoms with van der Waals surface area (Å²) in [6.45, 7) is 1.27. The Bertz CT molecular complexity index is 889. The Morgan fingerprint density at radius 1 is 1.04 bits per heavy atom. The quantitative estimate of drug-likeness (QED) is 0.678. The summed E-state index contributed by atoms with van der Waals surface area (Å²) in [5, 5.41) is 0.693. The van der Waals surface area contributed by atoms with Gasteiger partial charge in [-0.1, -0.05) is 35.9 Å². The first-order chi connectivity index (χ1) is 12.0. The summed E-state index contributed by atoms with van der Waals surface area (Å²) in [5.74, 6) is -1.78. The van der Waals surface area contributed by atoms with Gasteiger partial charge in [0.05, 0.1) is 24.1 Å². The van der Waals surface area contributed by atoms with Gasteiger partial charge >= 0.3 is 0 Å². The zero-order valence-corrected chi connectivity index (χ0v) is 14.4. The summed E-state index contributed by atoms with van der Waals surface area (Å²) in [6.07, 6.45) is -0.0790. The number of likely N-dealkylation sites (tertiary alicyclic amines) is 1. The molecular formula is C19H18ClF2N3. The molecule has 0 bridgehead atoms. The molecule has 0 N–H and O–H groups in total. The lowest BCUT2D eigenvalue weighted by Crippen LogP contribution is -2.26. The number of rotatable bonds is 4. The monoisotopic (exact) mass is 361 g/mol. The van der Waals surface area contributed by atoms with Crippen molar-refractivity contribution in [3.05, 3.63) is 64.9 Å². The number of aromatic nitrogens is 2. The van der Waals surface area contributed by atoms with Crippen molar-refractivity contribution < 1.29 is 8.78 Å². The van der Waals surface area contributed by atoms with Gasteiger partial charge in [-0.3, -0.25) is 4.90 Å². The van der Waals surface area contributed by atoms with Gasteiger partial charge in [0.15, 0.2) is 0 Å². The summed E-state index contributed by atoms with van der Waals surface area (Å²) in [7, 11) is 0. The van der Waals surface area contributed by atoms with Crippen LogP contribution in [0.25, 0.3) is 11.0 Å². The van der Waals surface area contributed by atoms with E-state index in [-0.39, 0.29) is 13.0 Å². The molecule has 0 amide bonds. The molecule has 130 valence electrons. The number of benzene rings is 2. The molecule has 0 radical (unpaired) electrons. The molecule has 1 aromatic heterocycles. The van der Waals surface area contributed by atoms with Crippen molar-refractivity contribution in [1.82, 2.24) is 14.5 Å². The van der Waals surface area contributed by atoms with Crippen LogP contribution < -0.4 is 0 Å². The second-order valence-corrected chi connectivity index (χ2v) is 6.98. The van der Waals surface area contributed by atoms with Crippen molar-refractivity contribution in [2.45, 2.75) is 25.4 Å². The summed E-state index contributed by atoms with van der Waals surface area (Å²) in [6, 6.07) is 15.5. The molecule has 6 heteroatoms. The molecule has 3 aromatic rings. The van der Waals surface area contributed by atoms with Gasteiger partial charge in [-0.15, -0.1) is 0 Å². The molecule has 1 fully saturated rings. The van der Waals surface area contributed by atoms with E-state index in [9.17, 15) is 8.78 Å². The normalized spacial score (nSPS) is 17.4. The molecule has 0 unspecified atom stereocenters. The van der Waals surface area contributed by atoms with Crippen molar-refractivity contribution in [2.24, 2.45) is 0 Å². The Hall–Kier alpha value is -1.98. The lowest BCUT2D eigenvalue weighted by atomic mass is 10.2. The SMILES string of the molecule is FC1(F)CCN(Cc2nc3ccccc3n2Cc2ccc(Cl)cc2)C1. The Kier molecular flexibility index (Phi) is 4.21. The van der Waals surface area contributed by atoms with E-state index in [1.807, 2.05) is 48.5 Å². The van der Waals surface area contributed by atoms with Gasteiger partial charge in [0.2, 0.25) is 0 Å². The van der Waals surface area contributed by atoms with E-state index in [0.29, 0.717) is 24.7 Å². The number of hydrogen-bond donors (Lipinski definition) is 0. The van der Waals surface area contributed by atoms with Gasteiger partial charge in [0, 0.05) is 24.5 Å². The third kappa shape index (κ3) is 3.53. The highest BCUT2D eigenvalue weighted by atomic mass is 35.5. The smallest absolute Gasteiger partial charge is 0.261 e. The second-order valence-electron chi connectivity index (χ2n) is 6.55. The number of hydrogen-bond acceptors (Lipinski definition) is 2. The van der Waals surface area contributed by atoms with Gasteiger partial charge in [-0.2, -0.15) is 0 Å². The maximum atomic E-state index is 13.5. The molecule has 0 atom stereocenters. The summed E-state index contributed by atoms with van der Waals surface area (Å²) >= 11 is 5.96. The van der Waals surface area contributed by atoms with Crippen molar-refractivity contribution in [3.63, 3.8) is 0 Å². The minimum absolute atomic E-state index is 0.0790. The van der Waals surface area contributed by atoms with Crippen molar-refractivity contribution in [1.29, 1.82) is 0 Å². The third-order valence-corrected chi connectivity index (χ3v) is 4.85. The van der Waals surface area contributed by atoms with E-state index >= 15 is 0 Å². The molecule has 25 heavy (non-hydrogen) atoms. The van der Waals surface area contributed by atoms with Crippen LogP contribution in [0.3, 0.4) is 0 Å². The molecule has 2 aromatic carbocycles. The van der Waals surface area contributed by atoms with Crippen LogP contribution in [0, 0.1) is 0 Å². The van der Waals surface area contributed by atoms with E-state index < -0.39 is 5.92 Å². The first-order valence-electron chi connectivity index (χ1n) is 8.29. The predicted molar refractivity (Wildman–Crippen MR) is 95.1 cm³/mol. The van der Waals surface area contributed by atoms with Crippen LogP contribution in [0.15, 0.2) is 48.5 Å². The first-order valence-corrected chi connectivity index (χ1v) is 8.67. The average Bonchev–Trinajstić information content (AvgIpc) is 3.10. The fourth-order valence-corrected chi connectivity index (χ4v) is 3.46. The van der Waals surface area contributed by atoms with Crippen LogP contribution in [0.2, 0.25) is 5.02 Å². The van der Waals surface area contributed by atoms with E-state index in [4.69, 9.17) is 11.6 Å². The van der Waals surface area contributed by atoms with Crippen molar-refractivity contribution >= 4 is 22.6 Å². The maximum Gasteiger partial charge on any atom is 0.261 e. The second kappa shape index (κ2) is 6.39. The fraction of sp³-hybridized carbons (Fsp3) is 0.316. The minimum atomic E-state index is -2.59. The van der Waals surface area contributed by atoms with E-state index in [1.54, 1.807) is 4.90 Å². The summed E-state index contributed by atoms with van der Waals surface area (Å²) < 4.78 is 29.1. The van der Waals surface area contributed by atoms with Crippen LogP contribution in [0.4, 0.5) is 8.78 Å². The van der Waals surface area contributed by atoms with Crippen LogP contribution >= 0.6 is 11.6 Å². The largest absolute Gasteiger partial charge is 0.322 e. The number of nitrogens with zero attached hydrogens (tertiary/aromatic N) is 3. The van der Waals surface area contributed by atoms with Crippen molar-refractivity contribution in [2.75, 3.05) is 13.1 Å². The highest BCUT2D eigenvalue weighted by Gasteiger charge is 2.38. The number of imidazole rings is 1. The first kappa shape index (κ1) is 16.5. The molecule has 4 rings (SSSR count). The zero-order chi connectivity index (χ0) is 17.4. The Balaban J connectivity index is 1.67. The lowest BCUT2D eigenvalue weighted by Gasteiger charge is -2.17. The zero-order valence-electron chi connectivity index (χ0n) is 13.6. The van der Waals surface area contributed by atoms with Crippen LogP contribution in [-0.2, 0) is 13.1 Å². The molecule has 0 aliphatic carbocycles. The Morgan fingerprint density at radius 2 is 1.80 bits per heavy atom.